The summed E-state index contributed by atoms with van der Waals surface area (Å²) < 4.78 is 0. The monoisotopic (exact) mass is 182 g/mol. The maximum Gasteiger partial charge on any atom is 0.116 e. The van der Waals surface area contributed by atoms with Crippen molar-refractivity contribution in [2.24, 2.45) is 0 Å². The molecule has 0 saturated carbocycles. The van der Waals surface area contributed by atoms with E-state index in [-0.39, 0.29) is 0 Å². The van der Waals surface area contributed by atoms with Gasteiger partial charge >= 0.3 is 0 Å². The molecular formula is C10H6N4. The van der Waals surface area contributed by atoms with E-state index in [9.17, 15) is 0 Å². The summed E-state index contributed by atoms with van der Waals surface area (Å²) in [6.07, 6.45) is 6.66. The molecular weight excluding hydrogens is 176 g/mol. The van der Waals surface area contributed by atoms with Gasteiger partial charge in [0.05, 0.1) is 16.6 Å². The third kappa shape index (κ3) is 1.01. The van der Waals surface area contributed by atoms with E-state index in [4.69, 9.17) is 0 Å². The molecule has 0 fully saturated rings. The van der Waals surface area contributed by atoms with Crippen LogP contribution in [0.2, 0.25) is 0 Å². The van der Waals surface area contributed by atoms with E-state index in [2.05, 4.69) is 19.9 Å². The Bertz CT molecular complexity index is 501. The van der Waals surface area contributed by atoms with E-state index < -0.39 is 0 Å². The highest BCUT2D eigenvalue weighted by Gasteiger charge is 1.99. The quantitative estimate of drug-likeness (QED) is 0.495. The molecule has 0 unspecified atom stereocenters. The number of hydrogen-bond acceptors (Lipinski definition) is 4. The van der Waals surface area contributed by atoms with Crippen LogP contribution in [0.1, 0.15) is 0 Å². The summed E-state index contributed by atoms with van der Waals surface area (Å²) in [6, 6.07) is 3.86. The van der Waals surface area contributed by atoms with Gasteiger partial charge in [-0.3, -0.25) is 9.97 Å². The second-order valence-corrected chi connectivity index (χ2v) is 2.98. The van der Waals surface area contributed by atoms with Crippen LogP contribution in [-0.2, 0) is 0 Å². The van der Waals surface area contributed by atoms with Crippen LogP contribution in [0.5, 0.6) is 0 Å². The highest BCUT2D eigenvalue weighted by molar-refractivity contribution is 5.91. The van der Waals surface area contributed by atoms with Gasteiger partial charge in [0.2, 0.25) is 0 Å². The lowest BCUT2D eigenvalue weighted by Gasteiger charge is -1.98. The van der Waals surface area contributed by atoms with Crippen molar-refractivity contribution in [2.45, 2.75) is 0 Å². The Balaban J connectivity index is 2.52. The Kier molecular flexibility index (Phi) is 1.41. The van der Waals surface area contributed by atoms with Crippen LogP contribution < -0.4 is 0 Å². The van der Waals surface area contributed by atoms with Crippen LogP contribution in [0.3, 0.4) is 0 Å². The van der Waals surface area contributed by atoms with Gasteiger partial charge in [-0.1, -0.05) is 0 Å². The molecule has 0 radical (unpaired) electrons. The minimum Gasteiger partial charge on any atom is -0.253 e. The van der Waals surface area contributed by atoms with E-state index in [1.807, 2.05) is 12.1 Å². The minimum absolute atomic E-state index is 0.860. The number of benzene rings is 1. The molecule has 2 heterocycles. The summed E-state index contributed by atoms with van der Waals surface area (Å²) in [4.78, 5) is 16.5. The molecule has 3 aromatic rings. The first-order chi connectivity index (χ1) is 6.93. The van der Waals surface area contributed by atoms with Crippen molar-refractivity contribution in [3.63, 3.8) is 0 Å². The van der Waals surface area contributed by atoms with E-state index >= 15 is 0 Å². The van der Waals surface area contributed by atoms with Crippen molar-refractivity contribution >= 4 is 21.9 Å². The Hall–Kier alpha value is -2.10. The summed E-state index contributed by atoms with van der Waals surface area (Å²) in [5.41, 5.74) is 2.63. The molecule has 4 heteroatoms. The molecule has 0 bridgehead atoms. The second kappa shape index (κ2) is 2.70. The zero-order valence-corrected chi connectivity index (χ0v) is 7.25. The van der Waals surface area contributed by atoms with Gasteiger partial charge in [0.15, 0.2) is 0 Å². The Labute approximate surface area is 79.7 Å². The number of nitrogens with zero attached hydrogens (tertiary/aromatic N) is 4. The fraction of sp³-hybridized carbons (Fsp3) is 0. The average molecular weight is 182 g/mol. The van der Waals surface area contributed by atoms with Gasteiger partial charge < -0.3 is 0 Å². The van der Waals surface area contributed by atoms with E-state index in [0.717, 1.165) is 21.9 Å². The normalized spacial score (nSPS) is 10.9. The standard InChI is InChI=1S/C10H6N4/c1-2-13-10-4-8-7(3-9(10)12-1)5-11-6-14-8/h1-6H. The molecule has 0 spiro atoms. The molecule has 0 amide bonds. The van der Waals surface area contributed by atoms with Crippen molar-refractivity contribution in [1.82, 2.24) is 19.9 Å². The Morgan fingerprint density at radius 3 is 2.43 bits per heavy atom. The van der Waals surface area contributed by atoms with Gasteiger partial charge in [0, 0.05) is 24.0 Å². The molecule has 14 heavy (non-hydrogen) atoms. The maximum absolute atomic E-state index is 4.21. The van der Waals surface area contributed by atoms with Crippen LogP contribution in [0.15, 0.2) is 37.1 Å². The molecule has 0 saturated heterocycles. The summed E-state index contributed by atoms with van der Waals surface area (Å²) in [6.45, 7) is 0. The maximum atomic E-state index is 4.21. The van der Waals surface area contributed by atoms with Gasteiger partial charge in [-0.2, -0.15) is 0 Å². The highest BCUT2D eigenvalue weighted by Crippen LogP contribution is 2.16. The van der Waals surface area contributed by atoms with Crippen molar-refractivity contribution in [3.05, 3.63) is 37.1 Å². The van der Waals surface area contributed by atoms with E-state index in [0.29, 0.717) is 0 Å². The fourth-order valence-corrected chi connectivity index (χ4v) is 1.44. The first-order valence-electron chi connectivity index (χ1n) is 4.24. The van der Waals surface area contributed by atoms with Crippen molar-refractivity contribution in [1.29, 1.82) is 0 Å². The third-order valence-corrected chi connectivity index (χ3v) is 2.09. The highest BCUT2D eigenvalue weighted by atomic mass is 14.8. The van der Waals surface area contributed by atoms with E-state index in [1.165, 1.54) is 6.33 Å². The largest absolute Gasteiger partial charge is 0.253 e. The number of aromatic nitrogens is 4. The van der Waals surface area contributed by atoms with Crippen LogP contribution in [0, 0.1) is 0 Å². The van der Waals surface area contributed by atoms with Crippen LogP contribution in [0.25, 0.3) is 21.9 Å². The molecule has 0 aliphatic carbocycles. The Morgan fingerprint density at radius 1 is 0.786 bits per heavy atom. The van der Waals surface area contributed by atoms with Crippen LogP contribution >= 0.6 is 0 Å². The number of hydrogen-bond donors (Lipinski definition) is 0. The molecule has 1 aromatic carbocycles. The first-order valence-corrected chi connectivity index (χ1v) is 4.24. The third-order valence-electron chi connectivity index (χ3n) is 2.09. The zero-order valence-electron chi connectivity index (χ0n) is 7.25. The van der Waals surface area contributed by atoms with Crippen molar-refractivity contribution < 1.29 is 0 Å². The topological polar surface area (TPSA) is 51.6 Å². The number of rotatable bonds is 0. The lowest BCUT2D eigenvalue weighted by Crippen LogP contribution is -1.85. The van der Waals surface area contributed by atoms with Gasteiger partial charge in [0.1, 0.15) is 6.33 Å². The predicted molar refractivity (Wildman–Crippen MR) is 52.6 cm³/mol. The summed E-state index contributed by atoms with van der Waals surface area (Å²) >= 11 is 0. The molecule has 0 N–H and O–H groups in total. The lowest BCUT2D eigenvalue weighted by atomic mass is 10.2. The van der Waals surface area contributed by atoms with Crippen molar-refractivity contribution in [3.8, 4) is 0 Å². The zero-order chi connectivity index (χ0) is 9.38. The van der Waals surface area contributed by atoms with E-state index in [1.54, 1.807) is 18.6 Å². The molecule has 4 nitrogen and oxygen atoms in total. The van der Waals surface area contributed by atoms with Gasteiger partial charge in [-0.15, -0.1) is 0 Å². The molecule has 0 aliphatic heterocycles. The SMILES string of the molecule is c1ncc2cc3nccnc3cc2n1. The smallest absolute Gasteiger partial charge is 0.116 e. The number of fused-ring (bicyclic) bond motifs is 2. The minimum atomic E-state index is 0.860. The van der Waals surface area contributed by atoms with Crippen LogP contribution in [0.4, 0.5) is 0 Å². The summed E-state index contributed by atoms with van der Waals surface area (Å²) in [7, 11) is 0. The average Bonchev–Trinajstić information content (AvgIpc) is 2.26. The van der Waals surface area contributed by atoms with Crippen molar-refractivity contribution in [2.75, 3.05) is 0 Å². The summed E-state index contributed by atoms with van der Waals surface area (Å²) in [5.74, 6) is 0. The van der Waals surface area contributed by atoms with Gasteiger partial charge in [-0.05, 0) is 12.1 Å². The second-order valence-electron chi connectivity index (χ2n) is 2.98. The van der Waals surface area contributed by atoms with Gasteiger partial charge in [-0.25, -0.2) is 9.97 Å². The van der Waals surface area contributed by atoms with Gasteiger partial charge in [0.25, 0.3) is 0 Å². The lowest BCUT2D eigenvalue weighted by molar-refractivity contribution is 1.22. The predicted octanol–water partition coefficient (Wildman–Crippen LogP) is 1.57. The van der Waals surface area contributed by atoms with Crippen LogP contribution in [-0.4, -0.2) is 19.9 Å². The summed E-state index contributed by atoms with van der Waals surface area (Å²) in [5, 5.41) is 0.987. The first kappa shape index (κ1) is 7.32. The molecule has 66 valence electrons. The molecule has 3 rings (SSSR count). The molecule has 0 atom stereocenters. The fourth-order valence-electron chi connectivity index (χ4n) is 1.44. The molecule has 2 aromatic heterocycles. The molecule has 0 aliphatic rings. The Morgan fingerprint density at radius 2 is 1.57 bits per heavy atom.